The highest BCUT2D eigenvalue weighted by molar-refractivity contribution is 7.89. The molecule has 0 radical (unpaired) electrons. The van der Waals surface area contributed by atoms with Gasteiger partial charge in [-0.25, -0.2) is 13.1 Å². The van der Waals surface area contributed by atoms with E-state index in [4.69, 9.17) is 4.74 Å². The summed E-state index contributed by atoms with van der Waals surface area (Å²) >= 11 is 1.55. The molecule has 4 rings (SSSR count). The van der Waals surface area contributed by atoms with E-state index in [2.05, 4.69) is 4.72 Å². The smallest absolute Gasteiger partial charge is 0.240 e. The number of methoxy groups -OCH3 is 1. The Hall–Kier alpha value is -1.74. The number of hydrogen-bond acceptors (Lipinski definition) is 5. The summed E-state index contributed by atoms with van der Waals surface area (Å²) in [6, 6.07) is 5.34. The number of carbonyl (C=O) groups excluding carboxylic acids is 1. The largest absolute Gasteiger partial charge is 0.375 e. The van der Waals surface area contributed by atoms with Crippen LogP contribution in [0.5, 0.6) is 0 Å². The van der Waals surface area contributed by atoms with Crippen LogP contribution in [0, 0.1) is 0 Å². The number of aryl methyl sites for hydroxylation is 1. The zero-order chi connectivity index (χ0) is 18.3. The molecule has 1 aromatic heterocycles. The first kappa shape index (κ1) is 17.7. The number of carbonyl (C=O) groups is 1. The maximum Gasteiger partial charge on any atom is 0.240 e. The number of anilines is 1. The van der Waals surface area contributed by atoms with Gasteiger partial charge in [-0.3, -0.25) is 4.79 Å². The minimum Gasteiger partial charge on any atom is -0.375 e. The van der Waals surface area contributed by atoms with Crippen molar-refractivity contribution >= 4 is 33.0 Å². The Morgan fingerprint density at radius 2 is 2.04 bits per heavy atom. The van der Waals surface area contributed by atoms with Crippen LogP contribution in [-0.2, 0) is 32.4 Å². The molecule has 2 aliphatic rings. The van der Waals surface area contributed by atoms with Crippen molar-refractivity contribution in [1.29, 1.82) is 0 Å². The summed E-state index contributed by atoms with van der Waals surface area (Å²) in [4.78, 5) is 14.1. The average Bonchev–Trinajstić information content (AvgIpc) is 3.29. The van der Waals surface area contributed by atoms with E-state index < -0.39 is 10.0 Å². The van der Waals surface area contributed by atoms with Gasteiger partial charge in [0.1, 0.15) is 0 Å². The van der Waals surface area contributed by atoms with E-state index in [-0.39, 0.29) is 23.5 Å². The summed E-state index contributed by atoms with van der Waals surface area (Å²) in [7, 11) is -2.08. The van der Waals surface area contributed by atoms with Gasteiger partial charge in [-0.1, -0.05) is 0 Å². The van der Waals surface area contributed by atoms with Crippen LogP contribution in [-0.4, -0.2) is 34.5 Å². The number of hydrogen-bond donors (Lipinski definition) is 1. The van der Waals surface area contributed by atoms with Crippen molar-refractivity contribution in [2.24, 2.45) is 0 Å². The molecule has 1 N–H and O–H groups in total. The van der Waals surface area contributed by atoms with Crippen molar-refractivity contribution in [3.8, 4) is 0 Å². The van der Waals surface area contributed by atoms with Gasteiger partial charge in [0, 0.05) is 26.6 Å². The van der Waals surface area contributed by atoms with E-state index in [9.17, 15) is 13.2 Å². The molecule has 0 spiro atoms. The molecule has 1 atom stereocenters. The van der Waals surface area contributed by atoms with Gasteiger partial charge in [0.05, 0.1) is 16.7 Å². The molecule has 1 amide bonds. The van der Waals surface area contributed by atoms with Crippen molar-refractivity contribution in [2.75, 3.05) is 25.1 Å². The highest BCUT2D eigenvalue weighted by atomic mass is 32.2. The SMILES string of the molecule is CO[C@@H](CNS(=O)(=O)c1cc2c3c(c1)CCN3C(=O)CC2)c1ccsc1. The van der Waals surface area contributed by atoms with Gasteiger partial charge in [0.2, 0.25) is 15.9 Å². The lowest BCUT2D eigenvalue weighted by Gasteiger charge is -2.25. The van der Waals surface area contributed by atoms with Crippen molar-refractivity contribution in [2.45, 2.75) is 30.3 Å². The van der Waals surface area contributed by atoms with Gasteiger partial charge in [0.25, 0.3) is 0 Å². The van der Waals surface area contributed by atoms with Crippen LogP contribution in [0.25, 0.3) is 0 Å². The first-order chi connectivity index (χ1) is 12.5. The van der Waals surface area contributed by atoms with Crippen LogP contribution < -0.4 is 9.62 Å². The Kier molecular flexibility index (Phi) is 4.60. The third kappa shape index (κ3) is 3.07. The standard InChI is InChI=1S/C18H20N2O4S2/c1-24-16(14-5-7-25-11-14)10-19-26(22,23)15-8-12-2-3-17(21)20-6-4-13(9-15)18(12)20/h5,7-9,11,16,19H,2-4,6,10H2,1H3/t16-/m0/s1. The van der Waals surface area contributed by atoms with Crippen molar-refractivity contribution in [3.05, 3.63) is 45.6 Å². The van der Waals surface area contributed by atoms with Crippen LogP contribution in [0.3, 0.4) is 0 Å². The Morgan fingerprint density at radius 3 is 2.73 bits per heavy atom. The summed E-state index contributed by atoms with van der Waals surface area (Å²) in [5.41, 5.74) is 3.77. The van der Waals surface area contributed by atoms with Gasteiger partial charge in [-0.15, -0.1) is 0 Å². The van der Waals surface area contributed by atoms with E-state index in [1.807, 2.05) is 16.8 Å². The first-order valence-electron chi connectivity index (χ1n) is 8.50. The van der Waals surface area contributed by atoms with Crippen molar-refractivity contribution < 1.29 is 17.9 Å². The van der Waals surface area contributed by atoms with Gasteiger partial charge in [-0.05, 0) is 58.5 Å². The van der Waals surface area contributed by atoms with E-state index >= 15 is 0 Å². The molecule has 6 nitrogen and oxygen atoms in total. The maximum atomic E-state index is 12.8. The number of nitrogens with one attached hydrogen (secondary N) is 1. The molecule has 0 bridgehead atoms. The molecule has 26 heavy (non-hydrogen) atoms. The number of nitrogens with zero attached hydrogens (tertiary/aromatic N) is 1. The molecule has 3 heterocycles. The molecular weight excluding hydrogens is 372 g/mol. The molecule has 0 saturated heterocycles. The molecule has 0 unspecified atom stereocenters. The predicted molar refractivity (Wildman–Crippen MR) is 100 cm³/mol. The van der Waals surface area contributed by atoms with Crippen LogP contribution in [0.15, 0.2) is 33.9 Å². The summed E-state index contributed by atoms with van der Waals surface area (Å²) in [5.74, 6) is 0.128. The minimum absolute atomic E-state index is 0.128. The predicted octanol–water partition coefficient (Wildman–Crippen LogP) is 2.25. The quantitative estimate of drug-likeness (QED) is 0.818. The molecule has 2 aromatic rings. The zero-order valence-corrected chi connectivity index (χ0v) is 16.0. The molecule has 138 valence electrons. The number of amides is 1. The highest BCUT2D eigenvalue weighted by Crippen LogP contribution is 2.38. The van der Waals surface area contributed by atoms with Gasteiger partial charge >= 0.3 is 0 Å². The van der Waals surface area contributed by atoms with E-state index in [0.717, 1.165) is 22.4 Å². The summed E-state index contributed by atoms with van der Waals surface area (Å²) in [5, 5.41) is 3.89. The van der Waals surface area contributed by atoms with E-state index in [1.165, 1.54) is 0 Å². The molecule has 0 saturated carbocycles. The number of benzene rings is 1. The lowest BCUT2D eigenvalue weighted by molar-refractivity contribution is -0.118. The van der Waals surface area contributed by atoms with Crippen LogP contribution in [0.2, 0.25) is 0 Å². The number of ether oxygens (including phenoxy) is 1. The summed E-state index contributed by atoms with van der Waals surface area (Å²) < 4.78 is 33.7. The fourth-order valence-electron chi connectivity index (χ4n) is 3.65. The fourth-order valence-corrected chi connectivity index (χ4v) is 5.48. The summed E-state index contributed by atoms with van der Waals surface area (Å²) in [6.45, 7) is 0.814. The fraction of sp³-hybridized carbons (Fsp3) is 0.389. The molecule has 8 heteroatoms. The summed E-state index contributed by atoms with van der Waals surface area (Å²) in [6.07, 6.45) is 1.41. The van der Waals surface area contributed by atoms with Crippen molar-refractivity contribution in [3.63, 3.8) is 0 Å². The molecule has 0 aliphatic carbocycles. The lowest BCUT2D eigenvalue weighted by Crippen LogP contribution is -2.33. The molecular formula is C18H20N2O4S2. The Balaban J connectivity index is 1.58. The highest BCUT2D eigenvalue weighted by Gasteiger charge is 2.33. The third-order valence-corrected chi connectivity index (χ3v) is 7.10. The second kappa shape index (κ2) is 6.77. The van der Waals surface area contributed by atoms with E-state index in [1.54, 1.807) is 35.5 Å². The Morgan fingerprint density at radius 1 is 1.27 bits per heavy atom. The number of rotatable bonds is 6. The number of sulfonamides is 1. The van der Waals surface area contributed by atoms with Crippen LogP contribution in [0.4, 0.5) is 5.69 Å². The van der Waals surface area contributed by atoms with E-state index in [0.29, 0.717) is 25.8 Å². The second-order valence-electron chi connectivity index (χ2n) is 6.52. The Labute approximate surface area is 156 Å². The molecule has 2 aliphatic heterocycles. The van der Waals surface area contributed by atoms with Crippen LogP contribution in [0.1, 0.15) is 29.2 Å². The maximum absolute atomic E-state index is 12.8. The zero-order valence-electron chi connectivity index (χ0n) is 14.4. The lowest BCUT2D eigenvalue weighted by atomic mass is 10.00. The van der Waals surface area contributed by atoms with Gasteiger partial charge < -0.3 is 9.64 Å². The normalized spacial score (nSPS) is 17.4. The van der Waals surface area contributed by atoms with Gasteiger partial charge in [0.15, 0.2) is 0 Å². The topological polar surface area (TPSA) is 75.7 Å². The van der Waals surface area contributed by atoms with Crippen molar-refractivity contribution in [1.82, 2.24) is 4.72 Å². The molecule has 1 aromatic carbocycles. The second-order valence-corrected chi connectivity index (χ2v) is 9.07. The number of thiophene rings is 1. The minimum atomic E-state index is -3.65. The third-order valence-electron chi connectivity index (χ3n) is 4.99. The van der Waals surface area contributed by atoms with Crippen LogP contribution >= 0.6 is 11.3 Å². The monoisotopic (exact) mass is 392 g/mol. The molecule has 0 fully saturated rings. The Bertz CT molecular complexity index is 938. The van der Waals surface area contributed by atoms with Gasteiger partial charge in [-0.2, -0.15) is 11.3 Å². The average molecular weight is 393 g/mol. The first-order valence-corrected chi connectivity index (χ1v) is 10.9.